The van der Waals surface area contributed by atoms with E-state index < -0.39 is 0 Å². The van der Waals surface area contributed by atoms with Crippen molar-refractivity contribution in [1.29, 1.82) is 0 Å². The van der Waals surface area contributed by atoms with Gasteiger partial charge in [0.25, 0.3) is 0 Å². The first kappa shape index (κ1) is 19.9. The molecule has 1 unspecified atom stereocenters. The molecule has 3 fully saturated rings. The molecule has 1 aromatic rings. The van der Waals surface area contributed by atoms with Gasteiger partial charge in [0.2, 0.25) is 0 Å². The van der Waals surface area contributed by atoms with Crippen molar-refractivity contribution in [2.24, 2.45) is 34.5 Å². The van der Waals surface area contributed by atoms with Crippen molar-refractivity contribution in [3.8, 4) is 11.8 Å². The number of Topliss-reactive ketones (excluding diaryl/α,β-unsaturated/α-hetero) is 1. The molecule has 0 amide bonds. The van der Waals surface area contributed by atoms with Crippen LogP contribution in [0.2, 0.25) is 0 Å². The van der Waals surface area contributed by atoms with Gasteiger partial charge >= 0.3 is 0 Å². The normalized spacial score (nSPS) is 42.8. The first-order valence-corrected chi connectivity index (χ1v) is 11.5. The summed E-state index contributed by atoms with van der Waals surface area (Å²) in [6.07, 6.45) is 8.29. The van der Waals surface area contributed by atoms with Crippen LogP contribution < -0.4 is 0 Å². The second-order valence-electron chi connectivity index (χ2n) is 10.8. The molecule has 4 aliphatic rings. The molecular formula is C25H33NO4. The van der Waals surface area contributed by atoms with Crippen LogP contribution in [0.1, 0.15) is 71.8 Å². The Morgan fingerprint density at radius 1 is 1.07 bits per heavy atom. The van der Waals surface area contributed by atoms with Crippen LogP contribution in [0.15, 0.2) is 23.8 Å². The van der Waals surface area contributed by atoms with Crippen LogP contribution in [0, 0.1) is 34.5 Å². The summed E-state index contributed by atoms with van der Waals surface area (Å²) in [6, 6.07) is 2.74. The number of rotatable bonds is 2. The van der Waals surface area contributed by atoms with Gasteiger partial charge in [-0.1, -0.05) is 19.4 Å². The summed E-state index contributed by atoms with van der Waals surface area (Å²) in [7, 11) is 0. The number of nitrogens with zero attached hydrogens (tertiary/aromatic N) is 1. The Bertz CT molecular complexity index is 925. The molecule has 4 aliphatic carbocycles. The van der Waals surface area contributed by atoms with Crippen molar-refractivity contribution in [1.82, 2.24) is 4.57 Å². The molecule has 5 nitrogen and oxygen atoms in total. The average Bonchev–Trinajstić information content (AvgIpc) is 3.20. The monoisotopic (exact) mass is 411 g/mol. The van der Waals surface area contributed by atoms with Crippen molar-refractivity contribution in [2.75, 3.05) is 0 Å². The van der Waals surface area contributed by atoms with Gasteiger partial charge in [0, 0.05) is 29.9 Å². The van der Waals surface area contributed by atoms with Crippen molar-refractivity contribution in [2.45, 2.75) is 71.8 Å². The first-order chi connectivity index (χ1) is 14.2. The highest BCUT2D eigenvalue weighted by Gasteiger charge is 2.62. The molecule has 5 heteroatoms. The van der Waals surface area contributed by atoms with Gasteiger partial charge in [-0.05, 0) is 74.7 Å². The number of carbonyl (C=O) groups is 2. The molecule has 0 saturated heterocycles. The fourth-order valence-electron chi connectivity index (χ4n) is 8.38. The highest BCUT2D eigenvalue weighted by atomic mass is 16.3. The maximum absolute atomic E-state index is 12.6. The molecule has 2 N–H and O–H groups in total. The maximum atomic E-state index is 12.6. The molecule has 0 aliphatic heterocycles. The number of ketones is 2. The third-order valence-electron chi connectivity index (χ3n) is 9.75. The van der Waals surface area contributed by atoms with E-state index >= 15 is 0 Å². The topological polar surface area (TPSA) is 79.5 Å². The lowest BCUT2D eigenvalue weighted by Gasteiger charge is -2.60. The Morgan fingerprint density at radius 2 is 1.77 bits per heavy atom. The molecule has 3 saturated carbocycles. The molecule has 1 aromatic heterocycles. The SMILES string of the molecule is CC(=O)[C@H]1CC[C@H]2[C@@H]3CCC4=CC(=O)CC(n5c(O)ccc5O)[C@]4(C)[C@H]3CC[C@]12C. The lowest BCUT2D eigenvalue weighted by atomic mass is 9.45. The lowest BCUT2D eigenvalue weighted by Crippen LogP contribution is -2.54. The number of aromatic hydroxyl groups is 2. The highest BCUT2D eigenvalue weighted by Crippen LogP contribution is 2.68. The van der Waals surface area contributed by atoms with E-state index in [1.807, 2.05) is 6.08 Å². The van der Waals surface area contributed by atoms with Crippen LogP contribution in [0.4, 0.5) is 0 Å². The number of carbonyl (C=O) groups excluding carboxylic acids is 2. The first-order valence-electron chi connectivity index (χ1n) is 11.5. The highest BCUT2D eigenvalue weighted by molar-refractivity contribution is 5.92. The number of hydrogen-bond acceptors (Lipinski definition) is 4. The van der Waals surface area contributed by atoms with Crippen molar-refractivity contribution >= 4 is 11.6 Å². The maximum Gasteiger partial charge on any atom is 0.194 e. The van der Waals surface area contributed by atoms with E-state index in [2.05, 4.69) is 13.8 Å². The Hall–Kier alpha value is -2.04. The molecule has 30 heavy (non-hydrogen) atoms. The molecule has 0 aromatic carbocycles. The number of allylic oxidation sites excluding steroid dienone is 1. The second kappa shape index (κ2) is 6.48. The van der Waals surface area contributed by atoms with Crippen molar-refractivity contribution < 1.29 is 19.8 Å². The minimum atomic E-state index is -0.277. The second-order valence-corrected chi connectivity index (χ2v) is 10.8. The zero-order valence-electron chi connectivity index (χ0n) is 18.2. The summed E-state index contributed by atoms with van der Waals surface area (Å²) in [4.78, 5) is 25.0. The van der Waals surface area contributed by atoms with Crippen LogP contribution >= 0.6 is 0 Å². The van der Waals surface area contributed by atoms with Gasteiger partial charge in [-0.3, -0.25) is 14.2 Å². The fraction of sp³-hybridized carbons (Fsp3) is 0.680. The minimum Gasteiger partial charge on any atom is -0.494 e. The summed E-state index contributed by atoms with van der Waals surface area (Å²) >= 11 is 0. The summed E-state index contributed by atoms with van der Waals surface area (Å²) in [6.45, 7) is 6.35. The minimum absolute atomic E-state index is 0.0213. The predicted molar refractivity (Wildman–Crippen MR) is 113 cm³/mol. The van der Waals surface area contributed by atoms with E-state index in [4.69, 9.17) is 0 Å². The molecule has 1 heterocycles. The van der Waals surface area contributed by atoms with E-state index in [0.717, 1.165) is 38.5 Å². The third-order valence-corrected chi connectivity index (χ3v) is 9.75. The summed E-state index contributed by atoms with van der Waals surface area (Å²) in [5.74, 6) is 2.08. The van der Waals surface area contributed by atoms with Gasteiger partial charge in [-0.2, -0.15) is 0 Å². The zero-order chi connectivity index (χ0) is 21.4. The van der Waals surface area contributed by atoms with E-state index in [-0.39, 0.29) is 40.3 Å². The van der Waals surface area contributed by atoms with E-state index in [1.54, 1.807) is 11.5 Å². The Morgan fingerprint density at radius 3 is 2.43 bits per heavy atom. The summed E-state index contributed by atoms with van der Waals surface area (Å²) in [5.41, 5.74) is 0.991. The molecule has 0 radical (unpaired) electrons. The zero-order valence-corrected chi connectivity index (χ0v) is 18.2. The lowest BCUT2D eigenvalue weighted by molar-refractivity contribution is -0.130. The van der Waals surface area contributed by atoms with E-state index in [9.17, 15) is 19.8 Å². The van der Waals surface area contributed by atoms with Crippen LogP contribution in [0.3, 0.4) is 0 Å². The van der Waals surface area contributed by atoms with E-state index in [0.29, 0.717) is 30.0 Å². The van der Waals surface area contributed by atoms with Crippen LogP contribution in [0.25, 0.3) is 0 Å². The van der Waals surface area contributed by atoms with Gasteiger partial charge in [0.05, 0.1) is 6.04 Å². The van der Waals surface area contributed by atoms with Crippen LogP contribution in [-0.4, -0.2) is 26.3 Å². The van der Waals surface area contributed by atoms with Crippen LogP contribution in [0.5, 0.6) is 11.8 Å². The molecule has 5 rings (SSSR count). The summed E-state index contributed by atoms with van der Waals surface area (Å²) < 4.78 is 1.58. The number of aromatic nitrogens is 1. The average molecular weight is 412 g/mol. The molecular weight excluding hydrogens is 378 g/mol. The van der Waals surface area contributed by atoms with Gasteiger partial charge in [0.15, 0.2) is 17.5 Å². The molecule has 162 valence electrons. The van der Waals surface area contributed by atoms with Gasteiger partial charge in [-0.25, -0.2) is 0 Å². The van der Waals surface area contributed by atoms with Crippen molar-refractivity contribution in [3.05, 3.63) is 23.8 Å². The van der Waals surface area contributed by atoms with Crippen molar-refractivity contribution in [3.63, 3.8) is 0 Å². The Balaban J connectivity index is 1.58. The smallest absolute Gasteiger partial charge is 0.194 e. The predicted octanol–water partition coefficient (Wildman–Crippen LogP) is 4.79. The van der Waals surface area contributed by atoms with Gasteiger partial charge in [0.1, 0.15) is 5.78 Å². The quantitative estimate of drug-likeness (QED) is 0.733. The largest absolute Gasteiger partial charge is 0.494 e. The van der Waals surface area contributed by atoms with Crippen LogP contribution in [-0.2, 0) is 9.59 Å². The molecule has 7 atom stereocenters. The standard InChI is InChI=1S/C25H33NO4/c1-14(27)18-6-7-19-17-5-4-15-12-16(28)13-21(26-22(29)8-9-23(26)30)25(15,3)20(17)10-11-24(18,19)2/h8-9,12,17-21,29-30H,4-7,10-11,13H2,1-3H3/t17-,18+,19-,20-,21?,24+,25-/m0/s1. The number of fused-ring (bicyclic) bond motifs is 5. The fourth-order valence-corrected chi connectivity index (χ4v) is 8.38. The number of hydrogen-bond donors (Lipinski definition) is 2. The van der Waals surface area contributed by atoms with E-state index in [1.165, 1.54) is 17.7 Å². The van der Waals surface area contributed by atoms with Gasteiger partial charge in [-0.15, -0.1) is 0 Å². The molecule has 0 spiro atoms. The Kier molecular flexibility index (Phi) is 4.30. The van der Waals surface area contributed by atoms with Gasteiger partial charge < -0.3 is 10.2 Å². The molecule has 0 bridgehead atoms. The third kappa shape index (κ3) is 2.47. The Labute approximate surface area is 178 Å². The summed E-state index contributed by atoms with van der Waals surface area (Å²) in [5, 5.41) is 21.0.